The van der Waals surface area contributed by atoms with E-state index in [0.29, 0.717) is 37.4 Å². The van der Waals surface area contributed by atoms with Crippen LogP contribution in [0.2, 0.25) is 0 Å². The molecule has 2 fully saturated rings. The number of amides is 3. The number of benzene rings is 1. The van der Waals surface area contributed by atoms with Crippen LogP contribution in [-0.4, -0.2) is 90.3 Å². The topological polar surface area (TPSA) is 99.6 Å². The standard InChI is InChI=1S/C27H33N3O6/c1-4-26-12-5-14-28(2)23(32)20(26)21-24(33)30(16-7-17-31)22-25(34)29(15-6-13-27(21,22)36-26)18-8-10-19(35-3)11-9-18/h5-6,8-13,20-22,31H,4,7,14-17H2,1-3H3/t20-,21-,22?,26+,27-/m0/s1. The predicted octanol–water partition coefficient (Wildman–Crippen LogP) is 1.37. The fourth-order valence-electron chi connectivity index (χ4n) is 6.36. The second-order valence-electron chi connectivity index (χ2n) is 9.90. The maximum atomic E-state index is 14.3. The number of anilines is 1. The molecule has 36 heavy (non-hydrogen) atoms. The molecule has 4 aliphatic rings. The number of carbonyl (C=O) groups is 3. The summed E-state index contributed by atoms with van der Waals surface area (Å²) < 4.78 is 12.1. The lowest BCUT2D eigenvalue weighted by molar-refractivity contribution is -0.149. The van der Waals surface area contributed by atoms with Gasteiger partial charge in [-0.2, -0.15) is 0 Å². The molecule has 9 nitrogen and oxygen atoms in total. The van der Waals surface area contributed by atoms with Gasteiger partial charge >= 0.3 is 0 Å². The molecular weight excluding hydrogens is 462 g/mol. The first-order chi connectivity index (χ1) is 17.3. The van der Waals surface area contributed by atoms with Crippen molar-refractivity contribution in [3.05, 3.63) is 48.6 Å². The third-order valence-corrected chi connectivity index (χ3v) is 8.08. The van der Waals surface area contributed by atoms with Crippen LogP contribution in [0.15, 0.2) is 48.6 Å². The normalized spacial score (nSPS) is 33.4. The van der Waals surface area contributed by atoms with E-state index in [0.717, 1.165) is 0 Å². The van der Waals surface area contributed by atoms with E-state index in [9.17, 15) is 19.5 Å². The Morgan fingerprint density at radius 2 is 1.75 bits per heavy atom. The second-order valence-corrected chi connectivity index (χ2v) is 9.90. The zero-order valence-electron chi connectivity index (χ0n) is 20.9. The number of aliphatic hydroxyl groups is 1. The summed E-state index contributed by atoms with van der Waals surface area (Å²) in [6.07, 6.45) is 8.35. The number of likely N-dealkylation sites (N-methyl/N-ethyl adjacent to an activating group) is 1. The van der Waals surface area contributed by atoms with Gasteiger partial charge in [-0.1, -0.05) is 31.2 Å². The highest BCUT2D eigenvalue weighted by atomic mass is 16.5. The molecule has 4 heterocycles. The van der Waals surface area contributed by atoms with Crippen molar-refractivity contribution in [3.63, 3.8) is 0 Å². The van der Waals surface area contributed by atoms with Gasteiger partial charge in [0.25, 0.3) is 5.91 Å². The molecule has 1 aromatic carbocycles. The Bertz CT molecular complexity index is 1120. The van der Waals surface area contributed by atoms with Gasteiger partial charge in [0.2, 0.25) is 11.8 Å². The summed E-state index contributed by atoms with van der Waals surface area (Å²) in [5, 5.41) is 9.53. The average Bonchev–Trinajstić information content (AvgIpc) is 3.18. The Kier molecular flexibility index (Phi) is 6.16. The van der Waals surface area contributed by atoms with E-state index in [1.54, 1.807) is 36.1 Å². The molecular formula is C27H33N3O6. The van der Waals surface area contributed by atoms with Crippen LogP contribution in [-0.2, 0) is 19.1 Å². The number of fused-ring (bicyclic) bond motifs is 2. The molecule has 0 aliphatic carbocycles. The van der Waals surface area contributed by atoms with Gasteiger partial charge in [-0.3, -0.25) is 14.4 Å². The first-order valence-electron chi connectivity index (χ1n) is 12.5. The number of ether oxygens (including phenoxy) is 2. The van der Waals surface area contributed by atoms with Crippen LogP contribution in [0.1, 0.15) is 19.8 Å². The van der Waals surface area contributed by atoms with Crippen molar-refractivity contribution >= 4 is 23.4 Å². The average molecular weight is 496 g/mol. The number of hydrogen-bond acceptors (Lipinski definition) is 6. The molecule has 0 bridgehead atoms. The highest BCUT2D eigenvalue weighted by Crippen LogP contribution is 2.58. The molecule has 1 spiro atoms. The number of likely N-dealkylation sites (tertiary alicyclic amines) is 1. The summed E-state index contributed by atoms with van der Waals surface area (Å²) in [4.78, 5) is 46.7. The van der Waals surface area contributed by atoms with E-state index in [1.165, 1.54) is 4.90 Å². The summed E-state index contributed by atoms with van der Waals surface area (Å²) in [5.74, 6) is -1.61. The Morgan fingerprint density at radius 3 is 2.42 bits per heavy atom. The fourth-order valence-corrected chi connectivity index (χ4v) is 6.36. The molecule has 3 amide bonds. The minimum absolute atomic E-state index is 0.117. The predicted molar refractivity (Wildman–Crippen MR) is 132 cm³/mol. The summed E-state index contributed by atoms with van der Waals surface area (Å²) in [5.41, 5.74) is -1.60. The zero-order chi connectivity index (χ0) is 25.7. The maximum absolute atomic E-state index is 14.3. The van der Waals surface area contributed by atoms with E-state index < -0.39 is 29.1 Å². The van der Waals surface area contributed by atoms with Crippen LogP contribution in [0.3, 0.4) is 0 Å². The first kappa shape index (κ1) is 24.5. The van der Waals surface area contributed by atoms with Gasteiger partial charge in [-0.05, 0) is 37.1 Å². The summed E-state index contributed by atoms with van der Waals surface area (Å²) >= 11 is 0. The van der Waals surface area contributed by atoms with E-state index in [2.05, 4.69) is 0 Å². The van der Waals surface area contributed by atoms with E-state index in [1.807, 2.05) is 43.4 Å². The molecule has 1 unspecified atom stereocenters. The maximum Gasteiger partial charge on any atom is 0.253 e. The van der Waals surface area contributed by atoms with Crippen LogP contribution >= 0.6 is 0 Å². The SMILES string of the molecule is CC[C@@]12C=CCN(C)C(=O)[C@@H]1[C@H]1C(=O)N(CCCO)C3C(=O)N(c4ccc(OC)cc4)CC=C[C@@]31O2. The van der Waals surface area contributed by atoms with Crippen LogP contribution < -0.4 is 9.64 Å². The molecule has 4 aliphatic heterocycles. The molecule has 0 aromatic heterocycles. The number of methoxy groups -OCH3 is 1. The van der Waals surface area contributed by atoms with Gasteiger partial charge in [-0.15, -0.1) is 0 Å². The zero-order valence-corrected chi connectivity index (χ0v) is 20.9. The highest BCUT2D eigenvalue weighted by Gasteiger charge is 2.75. The number of rotatable bonds is 6. The number of nitrogens with zero attached hydrogens (tertiary/aromatic N) is 3. The lowest BCUT2D eigenvalue weighted by Gasteiger charge is -2.38. The molecule has 1 aromatic rings. The first-order valence-corrected chi connectivity index (χ1v) is 12.5. The Morgan fingerprint density at radius 1 is 1.03 bits per heavy atom. The minimum Gasteiger partial charge on any atom is -0.497 e. The highest BCUT2D eigenvalue weighted by molar-refractivity contribution is 6.06. The molecule has 5 atom stereocenters. The minimum atomic E-state index is -1.29. The van der Waals surface area contributed by atoms with Crippen LogP contribution in [0, 0.1) is 11.8 Å². The van der Waals surface area contributed by atoms with Gasteiger partial charge < -0.3 is 29.3 Å². The molecule has 0 radical (unpaired) electrons. The smallest absolute Gasteiger partial charge is 0.253 e. The summed E-state index contributed by atoms with van der Waals surface area (Å²) in [6.45, 7) is 2.76. The molecule has 1 N–H and O–H groups in total. The van der Waals surface area contributed by atoms with Crippen molar-refractivity contribution in [1.29, 1.82) is 0 Å². The lowest BCUT2D eigenvalue weighted by Crippen LogP contribution is -2.56. The van der Waals surface area contributed by atoms with Crippen LogP contribution in [0.4, 0.5) is 5.69 Å². The molecule has 0 saturated carbocycles. The van der Waals surface area contributed by atoms with Crippen LogP contribution in [0.5, 0.6) is 5.75 Å². The van der Waals surface area contributed by atoms with E-state index >= 15 is 0 Å². The van der Waals surface area contributed by atoms with Crippen LogP contribution in [0.25, 0.3) is 0 Å². The van der Waals surface area contributed by atoms with Crippen molar-refractivity contribution < 1.29 is 29.0 Å². The quantitative estimate of drug-likeness (QED) is 0.599. The second kappa shape index (κ2) is 9.05. The summed E-state index contributed by atoms with van der Waals surface area (Å²) in [7, 11) is 3.31. The molecule has 5 rings (SSSR count). The summed E-state index contributed by atoms with van der Waals surface area (Å²) in [6, 6.07) is 6.24. The van der Waals surface area contributed by atoms with Crippen molar-refractivity contribution in [2.75, 3.05) is 45.3 Å². The fraction of sp³-hybridized carbons (Fsp3) is 0.519. The van der Waals surface area contributed by atoms with Crippen molar-refractivity contribution in [1.82, 2.24) is 9.80 Å². The third kappa shape index (κ3) is 3.40. The van der Waals surface area contributed by atoms with E-state index in [4.69, 9.17) is 9.47 Å². The van der Waals surface area contributed by atoms with Crippen molar-refractivity contribution in [2.45, 2.75) is 37.0 Å². The van der Waals surface area contributed by atoms with Crippen molar-refractivity contribution in [2.24, 2.45) is 11.8 Å². The van der Waals surface area contributed by atoms with Gasteiger partial charge in [0.1, 0.15) is 17.4 Å². The molecule has 2 saturated heterocycles. The Hall–Kier alpha value is -3.17. The van der Waals surface area contributed by atoms with Gasteiger partial charge in [0.15, 0.2) is 0 Å². The van der Waals surface area contributed by atoms with E-state index in [-0.39, 0.29) is 30.9 Å². The van der Waals surface area contributed by atoms with Gasteiger partial charge in [-0.25, -0.2) is 0 Å². The lowest BCUT2D eigenvalue weighted by atomic mass is 9.73. The number of carbonyl (C=O) groups excluding carboxylic acids is 3. The number of hydrogen-bond donors (Lipinski definition) is 1. The largest absolute Gasteiger partial charge is 0.497 e. The monoisotopic (exact) mass is 495 g/mol. The number of aliphatic hydroxyl groups excluding tert-OH is 1. The molecule has 192 valence electrons. The Balaban J connectivity index is 1.64. The molecule has 9 heteroatoms. The Labute approximate surface area is 210 Å². The third-order valence-electron chi connectivity index (χ3n) is 8.08. The van der Waals surface area contributed by atoms with Gasteiger partial charge in [0, 0.05) is 39.0 Å². The van der Waals surface area contributed by atoms with Gasteiger partial charge in [0.05, 0.1) is 24.5 Å². The van der Waals surface area contributed by atoms with Crippen molar-refractivity contribution in [3.8, 4) is 5.75 Å².